The highest BCUT2D eigenvalue weighted by molar-refractivity contribution is 6.31. The van der Waals surface area contributed by atoms with Crippen LogP contribution in [0.4, 0.5) is 0 Å². The largest absolute Gasteiger partial charge is 0.389 e. The topological polar surface area (TPSA) is 105 Å². The maximum absolute atomic E-state index is 10.9. The third-order valence-corrected chi connectivity index (χ3v) is 3.91. The molecule has 0 aliphatic heterocycles. The molecule has 0 unspecified atom stereocenters. The van der Waals surface area contributed by atoms with Crippen molar-refractivity contribution in [1.29, 1.82) is 0 Å². The van der Waals surface area contributed by atoms with Crippen LogP contribution in [-0.4, -0.2) is 26.0 Å². The highest BCUT2D eigenvalue weighted by Crippen LogP contribution is 2.29. The normalized spacial score (nSPS) is 12.8. The summed E-state index contributed by atoms with van der Waals surface area (Å²) in [5.74, 6) is -0.533. The third-order valence-electron chi connectivity index (χ3n) is 3.58. The van der Waals surface area contributed by atoms with Crippen molar-refractivity contribution in [3.05, 3.63) is 52.8 Å². The number of carbonyl (C=O) groups is 1. The van der Waals surface area contributed by atoms with Gasteiger partial charge in [0.25, 0.3) is 0 Å². The van der Waals surface area contributed by atoms with Crippen molar-refractivity contribution < 1.29 is 9.90 Å². The first-order valence-corrected chi connectivity index (χ1v) is 7.63. The summed E-state index contributed by atoms with van der Waals surface area (Å²) >= 11 is 6.21. The van der Waals surface area contributed by atoms with Crippen LogP contribution in [0.15, 0.2) is 36.7 Å². The number of carbonyl (C=O) groups excluding carboxylic acids is 1. The van der Waals surface area contributed by atoms with E-state index in [1.54, 1.807) is 37.5 Å². The van der Waals surface area contributed by atoms with Crippen molar-refractivity contribution in [2.45, 2.75) is 13.0 Å². The number of aromatic amines is 1. The minimum atomic E-state index is -0.643. The maximum atomic E-state index is 10.9. The van der Waals surface area contributed by atoms with Gasteiger partial charge in [0.15, 0.2) is 5.65 Å². The number of fused-ring (bicyclic) bond motifs is 1. The Balaban J connectivity index is 2.06. The van der Waals surface area contributed by atoms with Crippen molar-refractivity contribution in [2.75, 3.05) is 0 Å². The van der Waals surface area contributed by atoms with E-state index in [0.717, 1.165) is 5.56 Å². The van der Waals surface area contributed by atoms with Gasteiger partial charge < -0.3 is 15.8 Å². The Kier molecular flexibility index (Phi) is 4.33. The van der Waals surface area contributed by atoms with Gasteiger partial charge in [-0.3, -0.25) is 4.79 Å². The fraction of sp³-hybridized carbons (Fsp3) is 0.118. The number of nitrogens with two attached hydrogens (primary N) is 1. The number of H-pyrrole nitrogens is 1. The minimum Gasteiger partial charge on any atom is -0.389 e. The second-order valence-corrected chi connectivity index (χ2v) is 5.75. The standard InChI is InChI=1S/C17H15ClN4O2/c1-9(23)12-4-2-10(6-13(12)18)14-8-21-17-16(22-14)11(7-20-17)3-5-15(19)24/h2-9,23H,1H3,(H2,19,24)(H,20,21)/b5-3+/t9-/m0/s1. The first kappa shape index (κ1) is 16.2. The van der Waals surface area contributed by atoms with E-state index in [1.807, 2.05) is 6.07 Å². The quantitative estimate of drug-likeness (QED) is 0.634. The number of aromatic nitrogens is 3. The Hall–Kier alpha value is -2.70. The first-order valence-electron chi connectivity index (χ1n) is 7.25. The number of primary amides is 1. The summed E-state index contributed by atoms with van der Waals surface area (Å²) in [5.41, 5.74) is 9.14. The zero-order valence-electron chi connectivity index (χ0n) is 12.8. The molecule has 2 aromatic heterocycles. The van der Waals surface area contributed by atoms with E-state index >= 15 is 0 Å². The molecule has 1 amide bonds. The number of amides is 1. The minimum absolute atomic E-state index is 0.465. The van der Waals surface area contributed by atoms with Crippen LogP contribution in [0.5, 0.6) is 0 Å². The predicted molar refractivity (Wildman–Crippen MR) is 93.2 cm³/mol. The second-order valence-electron chi connectivity index (χ2n) is 5.34. The summed E-state index contributed by atoms with van der Waals surface area (Å²) in [4.78, 5) is 22.8. The fourth-order valence-electron chi connectivity index (χ4n) is 2.37. The van der Waals surface area contributed by atoms with Gasteiger partial charge in [-0.1, -0.05) is 23.7 Å². The van der Waals surface area contributed by atoms with Crippen LogP contribution in [0.3, 0.4) is 0 Å². The van der Waals surface area contributed by atoms with Gasteiger partial charge in [0.1, 0.15) is 5.52 Å². The Bertz CT molecular complexity index is 947. The van der Waals surface area contributed by atoms with Crippen LogP contribution in [0.2, 0.25) is 5.02 Å². The summed E-state index contributed by atoms with van der Waals surface area (Å²) in [7, 11) is 0. The number of nitrogens with one attached hydrogen (secondary N) is 1. The molecule has 2 heterocycles. The average molecular weight is 343 g/mol. The molecule has 0 saturated heterocycles. The van der Waals surface area contributed by atoms with Gasteiger partial charge in [-0.25, -0.2) is 9.97 Å². The molecule has 7 heteroatoms. The third kappa shape index (κ3) is 3.15. The van der Waals surface area contributed by atoms with Crippen molar-refractivity contribution in [2.24, 2.45) is 5.73 Å². The molecule has 1 aromatic carbocycles. The summed E-state index contributed by atoms with van der Waals surface area (Å²) < 4.78 is 0. The number of benzene rings is 1. The molecule has 0 aliphatic rings. The molecule has 0 spiro atoms. The molecule has 0 bridgehead atoms. The molecule has 0 fully saturated rings. The lowest BCUT2D eigenvalue weighted by Crippen LogP contribution is -2.05. The van der Waals surface area contributed by atoms with Crippen molar-refractivity contribution in [3.8, 4) is 11.3 Å². The molecular weight excluding hydrogens is 328 g/mol. The molecule has 1 atom stereocenters. The van der Waals surface area contributed by atoms with Crippen LogP contribution in [0, 0.1) is 0 Å². The number of aliphatic hydroxyl groups excluding tert-OH is 1. The van der Waals surface area contributed by atoms with E-state index in [1.165, 1.54) is 6.08 Å². The van der Waals surface area contributed by atoms with Crippen LogP contribution in [0.1, 0.15) is 24.2 Å². The zero-order valence-corrected chi connectivity index (χ0v) is 13.6. The lowest BCUT2D eigenvalue weighted by atomic mass is 10.1. The Labute approximate surface area is 143 Å². The van der Waals surface area contributed by atoms with Crippen molar-refractivity contribution in [1.82, 2.24) is 15.0 Å². The molecule has 0 aliphatic carbocycles. The van der Waals surface area contributed by atoms with Gasteiger partial charge in [-0.2, -0.15) is 0 Å². The Morgan fingerprint density at radius 1 is 1.46 bits per heavy atom. The van der Waals surface area contributed by atoms with Gasteiger partial charge >= 0.3 is 0 Å². The van der Waals surface area contributed by atoms with Crippen molar-refractivity contribution >= 4 is 34.7 Å². The SMILES string of the molecule is C[C@H](O)c1ccc(-c2cnc3[nH]cc(/C=C/C(N)=O)c3n2)cc1Cl. The van der Waals surface area contributed by atoms with Crippen molar-refractivity contribution in [3.63, 3.8) is 0 Å². The van der Waals surface area contributed by atoms with E-state index < -0.39 is 12.0 Å². The molecule has 24 heavy (non-hydrogen) atoms. The number of rotatable bonds is 4. The number of hydrogen-bond donors (Lipinski definition) is 3. The van der Waals surface area contributed by atoms with E-state index in [0.29, 0.717) is 33.0 Å². The van der Waals surface area contributed by atoms with E-state index in [4.69, 9.17) is 17.3 Å². The molecule has 0 saturated carbocycles. The molecule has 3 aromatic rings. The van der Waals surface area contributed by atoms with Crippen LogP contribution in [0.25, 0.3) is 28.5 Å². The van der Waals surface area contributed by atoms with Crippen LogP contribution in [-0.2, 0) is 4.79 Å². The lowest BCUT2D eigenvalue weighted by molar-refractivity contribution is -0.113. The van der Waals surface area contributed by atoms with Gasteiger partial charge in [0, 0.05) is 28.4 Å². The molecular formula is C17H15ClN4O2. The van der Waals surface area contributed by atoms with E-state index in [2.05, 4.69) is 15.0 Å². The van der Waals surface area contributed by atoms with E-state index in [9.17, 15) is 9.90 Å². The summed E-state index contributed by atoms with van der Waals surface area (Å²) in [6.45, 7) is 1.66. The lowest BCUT2D eigenvalue weighted by Gasteiger charge is -2.09. The summed E-state index contributed by atoms with van der Waals surface area (Å²) in [6.07, 6.45) is 5.55. The van der Waals surface area contributed by atoms with Crippen LogP contribution < -0.4 is 5.73 Å². The fourth-order valence-corrected chi connectivity index (χ4v) is 2.71. The van der Waals surface area contributed by atoms with Crippen LogP contribution >= 0.6 is 11.6 Å². The number of halogens is 1. The molecule has 6 nitrogen and oxygen atoms in total. The maximum Gasteiger partial charge on any atom is 0.241 e. The van der Waals surface area contributed by atoms with E-state index in [-0.39, 0.29) is 0 Å². The van der Waals surface area contributed by atoms with Gasteiger partial charge in [0.05, 0.1) is 18.0 Å². The smallest absolute Gasteiger partial charge is 0.241 e. The number of hydrogen-bond acceptors (Lipinski definition) is 4. The predicted octanol–water partition coefficient (Wildman–Crippen LogP) is 2.83. The first-order chi connectivity index (χ1) is 11.5. The van der Waals surface area contributed by atoms with Gasteiger partial charge in [-0.15, -0.1) is 0 Å². The number of nitrogens with zero attached hydrogens (tertiary/aromatic N) is 2. The molecule has 0 radical (unpaired) electrons. The number of aliphatic hydroxyl groups is 1. The zero-order chi connectivity index (χ0) is 17.3. The average Bonchev–Trinajstić information content (AvgIpc) is 2.94. The second kappa shape index (κ2) is 6.43. The highest BCUT2D eigenvalue weighted by atomic mass is 35.5. The monoisotopic (exact) mass is 342 g/mol. The summed E-state index contributed by atoms with van der Waals surface area (Å²) in [5, 5.41) is 10.1. The summed E-state index contributed by atoms with van der Waals surface area (Å²) in [6, 6.07) is 5.33. The molecule has 3 rings (SSSR count). The van der Waals surface area contributed by atoms with Gasteiger partial charge in [0.2, 0.25) is 5.91 Å². The van der Waals surface area contributed by atoms with Gasteiger partial charge in [-0.05, 0) is 24.6 Å². The molecule has 122 valence electrons. The highest BCUT2D eigenvalue weighted by Gasteiger charge is 2.11. The Morgan fingerprint density at radius 2 is 2.25 bits per heavy atom. The Morgan fingerprint density at radius 3 is 2.92 bits per heavy atom. The molecule has 4 N–H and O–H groups in total.